The largest absolute Gasteiger partial charge is 0.497 e. The van der Waals surface area contributed by atoms with Crippen LogP contribution in [0.3, 0.4) is 0 Å². The number of hydrogen-bond acceptors (Lipinski definition) is 4. The molecule has 0 fully saturated rings. The van der Waals surface area contributed by atoms with Crippen molar-refractivity contribution in [3.8, 4) is 5.75 Å². The Balaban J connectivity index is 2.18. The van der Waals surface area contributed by atoms with Crippen LogP contribution in [0.25, 0.3) is 0 Å². The molecule has 0 atom stereocenters. The Morgan fingerprint density at radius 3 is 2.10 bits per heavy atom. The van der Waals surface area contributed by atoms with Crippen molar-refractivity contribution in [2.75, 3.05) is 25.5 Å². The number of carbonyl (C=O) groups is 1. The number of nitrogens with one attached hydrogen (secondary N) is 1. The highest BCUT2D eigenvalue weighted by Gasteiger charge is 2.25. The highest BCUT2D eigenvalue weighted by molar-refractivity contribution is 7.89. The van der Waals surface area contributed by atoms with Gasteiger partial charge in [-0.15, -0.1) is 0 Å². The van der Waals surface area contributed by atoms with Crippen molar-refractivity contribution in [2.24, 2.45) is 11.8 Å². The third-order valence-electron chi connectivity index (χ3n) is 4.22. The smallest absolute Gasteiger partial charge is 0.255 e. The predicted molar refractivity (Wildman–Crippen MR) is 116 cm³/mol. The molecule has 0 aliphatic carbocycles. The number of anilines is 1. The minimum atomic E-state index is -3.59. The van der Waals surface area contributed by atoms with Crippen molar-refractivity contribution >= 4 is 21.6 Å². The Bertz CT molecular complexity index is 912. The predicted octanol–water partition coefficient (Wildman–Crippen LogP) is 4.25. The molecule has 2 aromatic rings. The fourth-order valence-electron chi connectivity index (χ4n) is 2.91. The van der Waals surface area contributed by atoms with E-state index in [0.29, 0.717) is 30.1 Å². The van der Waals surface area contributed by atoms with E-state index in [-0.39, 0.29) is 22.6 Å². The first-order valence-corrected chi connectivity index (χ1v) is 11.1. The van der Waals surface area contributed by atoms with Gasteiger partial charge in [-0.1, -0.05) is 33.8 Å². The van der Waals surface area contributed by atoms with Crippen molar-refractivity contribution in [2.45, 2.75) is 32.6 Å². The van der Waals surface area contributed by atoms with Gasteiger partial charge in [0.1, 0.15) is 5.75 Å². The second kappa shape index (κ2) is 9.89. The van der Waals surface area contributed by atoms with Gasteiger partial charge in [-0.05, 0) is 54.3 Å². The molecule has 2 rings (SSSR count). The van der Waals surface area contributed by atoms with Crippen LogP contribution in [0.4, 0.5) is 5.69 Å². The van der Waals surface area contributed by atoms with Crippen LogP contribution >= 0.6 is 0 Å². The molecule has 0 unspecified atom stereocenters. The fourth-order valence-corrected chi connectivity index (χ4v) is 4.68. The Hall–Kier alpha value is -2.38. The van der Waals surface area contributed by atoms with E-state index in [9.17, 15) is 13.2 Å². The lowest BCUT2D eigenvalue weighted by atomic mass is 10.2. The van der Waals surface area contributed by atoms with Gasteiger partial charge in [0.15, 0.2) is 0 Å². The lowest BCUT2D eigenvalue weighted by Crippen LogP contribution is -2.37. The zero-order chi connectivity index (χ0) is 21.6. The minimum Gasteiger partial charge on any atom is -0.497 e. The lowest BCUT2D eigenvalue weighted by molar-refractivity contribution is 0.102. The van der Waals surface area contributed by atoms with Crippen LogP contribution < -0.4 is 10.1 Å². The molecule has 0 aliphatic heterocycles. The summed E-state index contributed by atoms with van der Waals surface area (Å²) in [6.07, 6.45) is 0. The first-order valence-electron chi connectivity index (χ1n) is 9.69. The topological polar surface area (TPSA) is 75.7 Å². The van der Waals surface area contributed by atoms with Gasteiger partial charge in [0, 0.05) is 24.3 Å². The normalized spacial score (nSPS) is 11.9. The summed E-state index contributed by atoms with van der Waals surface area (Å²) >= 11 is 0. The van der Waals surface area contributed by atoms with Crippen molar-refractivity contribution in [1.82, 2.24) is 4.31 Å². The maximum Gasteiger partial charge on any atom is 0.255 e. The number of methoxy groups -OCH3 is 1. The van der Waals surface area contributed by atoms with Crippen molar-refractivity contribution < 1.29 is 17.9 Å². The van der Waals surface area contributed by atoms with Crippen LogP contribution in [0.5, 0.6) is 5.75 Å². The van der Waals surface area contributed by atoms with Crippen LogP contribution in [0.2, 0.25) is 0 Å². The standard InChI is InChI=1S/C22H30N2O4S/c1-16(2)14-24(15-17(3)4)29(26,27)21-11-9-19(10-12-21)23-22(25)18-7-6-8-20(13-18)28-5/h6-13,16-17H,14-15H2,1-5H3,(H,23,25). The number of ether oxygens (including phenoxy) is 1. The van der Waals surface area contributed by atoms with Gasteiger partial charge in [-0.2, -0.15) is 4.31 Å². The van der Waals surface area contributed by atoms with Crippen LogP contribution in [-0.4, -0.2) is 38.8 Å². The summed E-state index contributed by atoms with van der Waals surface area (Å²) in [5, 5.41) is 2.78. The molecule has 158 valence electrons. The average Bonchev–Trinajstić information content (AvgIpc) is 2.67. The second-order valence-electron chi connectivity index (χ2n) is 7.82. The van der Waals surface area contributed by atoms with E-state index in [2.05, 4.69) is 5.32 Å². The molecule has 29 heavy (non-hydrogen) atoms. The van der Waals surface area contributed by atoms with Gasteiger partial charge in [0.05, 0.1) is 12.0 Å². The number of sulfonamides is 1. The summed E-state index contributed by atoms with van der Waals surface area (Å²) in [5.74, 6) is 0.755. The number of rotatable bonds is 9. The third kappa shape index (κ3) is 6.30. The van der Waals surface area contributed by atoms with Crippen LogP contribution in [0, 0.1) is 11.8 Å². The van der Waals surface area contributed by atoms with E-state index in [0.717, 1.165) is 0 Å². The fraction of sp³-hybridized carbons (Fsp3) is 0.409. The molecular formula is C22H30N2O4S. The summed E-state index contributed by atoms with van der Waals surface area (Å²) < 4.78 is 32.8. The van der Waals surface area contributed by atoms with Crippen LogP contribution in [0.15, 0.2) is 53.4 Å². The molecular weight excluding hydrogens is 388 g/mol. The molecule has 0 radical (unpaired) electrons. The van der Waals surface area contributed by atoms with E-state index in [1.807, 2.05) is 27.7 Å². The highest BCUT2D eigenvalue weighted by Crippen LogP contribution is 2.21. The van der Waals surface area contributed by atoms with E-state index in [4.69, 9.17) is 4.74 Å². The molecule has 1 amide bonds. The first-order chi connectivity index (χ1) is 13.6. The molecule has 0 aromatic heterocycles. The maximum atomic E-state index is 13.1. The Labute approximate surface area is 173 Å². The van der Waals surface area contributed by atoms with Crippen LogP contribution in [0.1, 0.15) is 38.1 Å². The average molecular weight is 419 g/mol. The van der Waals surface area contributed by atoms with Gasteiger partial charge >= 0.3 is 0 Å². The Kier molecular flexibility index (Phi) is 7.81. The van der Waals surface area contributed by atoms with Crippen LogP contribution in [-0.2, 0) is 10.0 Å². The summed E-state index contributed by atoms with van der Waals surface area (Å²) in [7, 11) is -2.05. The van der Waals surface area contributed by atoms with E-state index < -0.39 is 10.0 Å². The summed E-state index contributed by atoms with van der Waals surface area (Å²) in [4.78, 5) is 12.6. The third-order valence-corrected chi connectivity index (χ3v) is 6.07. The zero-order valence-corrected chi connectivity index (χ0v) is 18.5. The molecule has 0 heterocycles. The van der Waals surface area contributed by atoms with Gasteiger partial charge in [-0.3, -0.25) is 4.79 Å². The van der Waals surface area contributed by atoms with E-state index in [1.54, 1.807) is 36.4 Å². The second-order valence-corrected chi connectivity index (χ2v) is 9.76. The summed E-state index contributed by atoms with van der Waals surface area (Å²) in [5.41, 5.74) is 0.983. The number of carbonyl (C=O) groups excluding carboxylic acids is 1. The minimum absolute atomic E-state index is 0.221. The zero-order valence-electron chi connectivity index (χ0n) is 17.7. The van der Waals surface area contributed by atoms with E-state index >= 15 is 0 Å². The van der Waals surface area contributed by atoms with Gasteiger partial charge < -0.3 is 10.1 Å². The Morgan fingerprint density at radius 1 is 1.00 bits per heavy atom. The molecule has 1 N–H and O–H groups in total. The Morgan fingerprint density at radius 2 is 1.59 bits per heavy atom. The quantitative estimate of drug-likeness (QED) is 0.660. The van der Waals surface area contributed by atoms with Crippen molar-refractivity contribution in [3.63, 3.8) is 0 Å². The highest BCUT2D eigenvalue weighted by atomic mass is 32.2. The summed E-state index contributed by atoms with van der Waals surface area (Å²) in [6.45, 7) is 8.93. The molecule has 6 nitrogen and oxygen atoms in total. The van der Waals surface area contributed by atoms with Crippen molar-refractivity contribution in [1.29, 1.82) is 0 Å². The van der Waals surface area contributed by atoms with E-state index in [1.165, 1.54) is 23.5 Å². The SMILES string of the molecule is COc1cccc(C(=O)Nc2ccc(S(=O)(=O)N(CC(C)C)CC(C)C)cc2)c1. The number of nitrogens with zero attached hydrogens (tertiary/aromatic N) is 1. The number of amides is 1. The molecule has 0 saturated carbocycles. The molecule has 0 spiro atoms. The van der Waals surface area contributed by atoms with Gasteiger partial charge in [0.25, 0.3) is 5.91 Å². The molecule has 0 saturated heterocycles. The summed E-state index contributed by atoms with van der Waals surface area (Å²) in [6, 6.07) is 13.1. The monoisotopic (exact) mass is 418 g/mol. The number of benzene rings is 2. The molecule has 0 aliphatic rings. The first kappa shape index (κ1) is 22.9. The van der Waals surface area contributed by atoms with Crippen molar-refractivity contribution in [3.05, 3.63) is 54.1 Å². The van der Waals surface area contributed by atoms with Gasteiger partial charge in [-0.25, -0.2) is 8.42 Å². The maximum absolute atomic E-state index is 13.1. The number of hydrogen-bond donors (Lipinski definition) is 1. The molecule has 7 heteroatoms. The van der Waals surface area contributed by atoms with Gasteiger partial charge in [0.2, 0.25) is 10.0 Å². The molecule has 0 bridgehead atoms. The molecule has 2 aromatic carbocycles. The lowest BCUT2D eigenvalue weighted by Gasteiger charge is -2.25.